The van der Waals surface area contributed by atoms with Crippen molar-refractivity contribution in [2.45, 2.75) is 25.7 Å². The van der Waals surface area contributed by atoms with Crippen LogP contribution in [0.25, 0.3) is 0 Å². The van der Waals surface area contributed by atoms with Gasteiger partial charge in [0.25, 0.3) is 9.24 Å². The predicted octanol–water partition coefficient (Wildman–Crippen LogP) is 0.936. The zero-order chi connectivity index (χ0) is 10.4. The van der Waals surface area contributed by atoms with Crippen molar-refractivity contribution in [3.8, 4) is 0 Å². The SMILES string of the molecule is O=S(=O)(Cl)NCCN1CCCCCC1. The molecule has 0 spiro atoms. The first-order chi connectivity index (χ1) is 6.58. The standard InChI is InChI=1S/C8H17ClN2O2S/c9-14(12,13)10-5-8-11-6-3-1-2-4-7-11/h10H,1-8H2. The van der Waals surface area contributed by atoms with Gasteiger partial charge in [-0.1, -0.05) is 12.8 Å². The zero-order valence-electron chi connectivity index (χ0n) is 8.21. The Morgan fingerprint density at radius 1 is 1.14 bits per heavy atom. The van der Waals surface area contributed by atoms with Gasteiger partial charge in [-0.2, -0.15) is 8.42 Å². The van der Waals surface area contributed by atoms with Crippen molar-refractivity contribution in [1.82, 2.24) is 9.62 Å². The Morgan fingerprint density at radius 2 is 1.71 bits per heavy atom. The molecule has 0 aromatic heterocycles. The number of hydrogen-bond donors (Lipinski definition) is 1. The van der Waals surface area contributed by atoms with E-state index in [9.17, 15) is 8.42 Å². The Morgan fingerprint density at radius 3 is 2.21 bits per heavy atom. The van der Waals surface area contributed by atoms with E-state index in [1.165, 1.54) is 25.7 Å². The van der Waals surface area contributed by atoms with Crippen LogP contribution in [0.15, 0.2) is 0 Å². The van der Waals surface area contributed by atoms with E-state index in [1.54, 1.807) is 0 Å². The molecule has 14 heavy (non-hydrogen) atoms. The van der Waals surface area contributed by atoms with Gasteiger partial charge in [-0.3, -0.25) is 0 Å². The molecule has 4 nitrogen and oxygen atoms in total. The van der Waals surface area contributed by atoms with Gasteiger partial charge in [0, 0.05) is 23.8 Å². The van der Waals surface area contributed by atoms with E-state index in [0.717, 1.165) is 19.6 Å². The Kier molecular flexibility index (Phi) is 5.15. The third-order valence-corrected chi connectivity index (χ3v) is 3.28. The van der Waals surface area contributed by atoms with Gasteiger partial charge in [0.15, 0.2) is 0 Å². The second-order valence-corrected chi connectivity index (χ2v) is 5.97. The Bertz CT molecular complexity index is 248. The van der Waals surface area contributed by atoms with E-state index in [-0.39, 0.29) is 0 Å². The van der Waals surface area contributed by atoms with Crippen LogP contribution in [0.4, 0.5) is 0 Å². The van der Waals surface area contributed by atoms with Crippen LogP contribution in [0.2, 0.25) is 0 Å². The fourth-order valence-corrected chi connectivity index (χ4v) is 2.25. The fourth-order valence-electron chi connectivity index (χ4n) is 1.69. The average molecular weight is 241 g/mol. The number of halogens is 1. The Hall–Kier alpha value is 0.160. The first-order valence-corrected chi connectivity index (χ1v) is 7.30. The highest BCUT2D eigenvalue weighted by Gasteiger charge is 2.09. The van der Waals surface area contributed by atoms with Crippen molar-refractivity contribution in [1.29, 1.82) is 0 Å². The van der Waals surface area contributed by atoms with Gasteiger partial charge in [0.1, 0.15) is 0 Å². The number of nitrogens with one attached hydrogen (secondary N) is 1. The van der Waals surface area contributed by atoms with Gasteiger partial charge in [0.05, 0.1) is 0 Å². The topological polar surface area (TPSA) is 49.4 Å². The van der Waals surface area contributed by atoms with Crippen molar-refractivity contribution in [3.63, 3.8) is 0 Å². The minimum Gasteiger partial charge on any atom is -0.302 e. The smallest absolute Gasteiger partial charge is 0.297 e. The molecule has 1 fully saturated rings. The highest BCUT2D eigenvalue weighted by Crippen LogP contribution is 2.08. The van der Waals surface area contributed by atoms with Crippen molar-refractivity contribution < 1.29 is 8.42 Å². The maximum Gasteiger partial charge on any atom is 0.297 e. The van der Waals surface area contributed by atoms with E-state index < -0.39 is 9.24 Å². The molecule has 1 aliphatic heterocycles. The van der Waals surface area contributed by atoms with Crippen LogP contribution in [0, 0.1) is 0 Å². The summed E-state index contributed by atoms with van der Waals surface area (Å²) in [6, 6.07) is 0. The molecular formula is C8H17ClN2O2S. The molecule has 1 N–H and O–H groups in total. The number of hydrogen-bond acceptors (Lipinski definition) is 3. The second kappa shape index (κ2) is 5.90. The lowest BCUT2D eigenvalue weighted by Crippen LogP contribution is -2.33. The number of nitrogens with zero attached hydrogens (tertiary/aromatic N) is 1. The van der Waals surface area contributed by atoms with Crippen LogP contribution in [0.5, 0.6) is 0 Å². The quantitative estimate of drug-likeness (QED) is 0.744. The van der Waals surface area contributed by atoms with Crippen LogP contribution in [-0.4, -0.2) is 39.5 Å². The van der Waals surface area contributed by atoms with Gasteiger partial charge in [-0.25, -0.2) is 4.72 Å². The summed E-state index contributed by atoms with van der Waals surface area (Å²) in [7, 11) is 1.49. The first-order valence-electron chi connectivity index (χ1n) is 4.99. The normalized spacial score (nSPS) is 20.6. The van der Waals surface area contributed by atoms with E-state index in [2.05, 4.69) is 9.62 Å². The molecule has 6 heteroatoms. The largest absolute Gasteiger partial charge is 0.302 e. The van der Waals surface area contributed by atoms with Crippen molar-refractivity contribution in [2.24, 2.45) is 0 Å². The molecule has 0 saturated carbocycles. The van der Waals surface area contributed by atoms with Crippen LogP contribution in [0.1, 0.15) is 25.7 Å². The molecule has 0 aliphatic carbocycles. The zero-order valence-corrected chi connectivity index (χ0v) is 9.78. The third-order valence-electron chi connectivity index (χ3n) is 2.40. The lowest BCUT2D eigenvalue weighted by Gasteiger charge is -2.18. The van der Waals surface area contributed by atoms with Crippen LogP contribution in [0.3, 0.4) is 0 Å². The summed E-state index contributed by atoms with van der Waals surface area (Å²) in [6.45, 7) is 3.31. The molecule has 1 aliphatic rings. The molecule has 0 radical (unpaired) electrons. The van der Waals surface area contributed by atoms with E-state index in [1.807, 2.05) is 0 Å². The highest BCUT2D eigenvalue weighted by atomic mass is 35.7. The highest BCUT2D eigenvalue weighted by molar-refractivity contribution is 8.12. The maximum atomic E-state index is 10.6. The van der Waals surface area contributed by atoms with Crippen molar-refractivity contribution in [3.05, 3.63) is 0 Å². The van der Waals surface area contributed by atoms with Crippen LogP contribution in [-0.2, 0) is 9.24 Å². The minimum atomic E-state index is -3.54. The molecule has 1 heterocycles. The van der Waals surface area contributed by atoms with E-state index in [0.29, 0.717) is 6.54 Å². The van der Waals surface area contributed by atoms with Gasteiger partial charge in [0.2, 0.25) is 0 Å². The second-order valence-electron chi connectivity index (χ2n) is 3.59. The number of rotatable bonds is 4. The first kappa shape index (κ1) is 12.2. The van der Waals surface area contributed by atoms with Gasteiger partial charge < -0.3 is 4.90 Å². The Labute approximate surface area is 90.2 Å². The molecule has 0 aromatic carbocycles. The summed E-state index contributed by atoms with van der Waals surface area (Å²) < 4.78 is 23.4. The van der Waals surface area contributed by atoms with Gasteiger partial charge >= 0.3 is 0 Å². The summed E-state index contributed by atoms with van der Waals surface area (Å²) in [5.41, 5.74) is 0. The lowest BCUT2D eigenvalue weighted by atomic mass is 10.2. The van der Waals surface area contributed by atoms with Crippen molar-refractivity contribution in [2.75, 3.05) is 26.2 Å². The molecule has 0 aromatic rings. The van der Waals surface area contributed by atoms with Crippen LogP contribution >= 0.6 is 10.7 Å². The molecule has 84 valence electrons. The minimum absolute atomic E-state index is 0.409. The summed E-state index contributed by atoms with van der Waals surface area (Å²) in [6.07, 6.45) is 5.01. The molecule has 1 rings (SSSR count). The van der Waals surface area contributed by atoms with Gasteiger partial charge in [-0.15, -0.1) is 0 Å². The average Bonchev–Trinajstić information content (AvgIpc) is 2.30. The number of likely N-dealkylation sites (tertiary alicyclic amines) is 1. The summed E-state index contributed by atoms with van der Waals surface area (Å²) in [4.78, 5) is 2.28. The third kappa shape index (κ3) is 5.80. The Balaban J connectivity index is 2.16. The summed E-state index contributed by atoms with van der Waals surface area (Å²) >= 11 is 0. The summed E-state index contributed by atoms with van der Waals surface area (Å²) in [5, 5.41) is 0. The molecule has 0 bridgehead atoms. The molecule has 1 saturated heterocycles. The van der Waals surface area contributed by atoms with E-state index in [4.69, 9.17) is 10.7 Å². The molecule has 0 atom stereocenters. The van der Waals surface area contributed by atoms with E-state index >= 15 is 0 Å². The summed E-state index contributed by atoms with van der Waals surface area (Å²) in [5.74, 6) is 0. The molecule has 0 amide bonds. The van der Waals surface area contributed by atoms with Gasteiger partial charge in [-0.05, 0) is 25.9 Å². The lowest BCUT2D eigenvalue weighted by molar-refractivity contribution is 0.290. The fraction of sp³-hybridized carbons (Fsp3) is 1.00. The van der Waals surface area contributed by atoms with Crippen molar-refractivity contribution >= 4 is 19.9 Å². The predicted molar refractivity (Wildman–Crippen MR) is 57.7 cm³/mol. The monoisotopic (exact) mass is 240 g/mol. The maximum absolute atomic E-state index is 10.6. The van der Waals surface area contributed by atoms with Crippen LogP contribution < -0.4 is 4.72 Å². The molecular weight excluding hydrogens is 224 g/mol. The molecule has 0 unspecified atom stereocenters.